The molecular formula is C22H21BrN2O5S. The number of carbonyl (C=O) groups excluding carboxylic acids is 3. The summed E-state index contributed by atoms with van der Waals surface area (Å²) in [7, 11) is 0. The lowest BCUT2D eigenvalue weighted by molar-refractivity contribution is -0.127. The first-order chi connectivity index (χ1) is 14.8. The molecule has 31 heavy (non-hydrogen) atoms. The Bertz CT molecular complexity index is 1070. The molecule has 0 aliphatic carbocycles. The lowest BCUT2D eigenvalue weighted by atomic mass is 10.1. The number of nitrogens with two attached hydrogens (primary N) is 1. The number of hydrogen-bond acceptors (Lipinski definition) is 6. The first-order valence-corrected chi connectivity index (χ1v) is 11.1. The van der Waals surface area contributed by atoms with Gasteiger partial charge in [0.2, 0.25) is 5.91 Å². The Kier molecular flexibility index (Phi) is 7.40. The molecule has 0 spiro atoms. The lowest BCUT2D eigenvalue weighted by Gasteiger charge is -2.15. The van der Waals surface area contributed by atoms with E-state index < -0.39 is 23.6 Å². The second-order valence-corrected chi connectivity index (χ2v) is 8.62. The molecule has 7 nitrogen and oxygen atoms in total. The van der Waals surface area contributed by atoms with E-state index in [-0.39, 0.29) is 4.91 Å². The smallest absolute Gasteiger partial charge is 0.294 e. The van der Waals surface area contributed by atoms with Crippen molar-refractivity contribution in [2.75, 3.05) is 13.2 Å². The topological polar surface area (TPSA) is 98.9 Å². The minimum absolute atomic E-state index is 0.203. The minimum atomic E-state index is -0.750. The van der Waals surface area contributed by atoms with Gasteiger partial charge in [0.15, 0.2) is 11.5 Å². The zero-order valence-corrected chi connectivity index (χ0v) is 19.4. The number of benzene rings is 2. The van der Waals surface area contributed by atoms with Crippen molar-refractivity contribution in [3.8, 4) is 11.5 Å². The SMILES string of the molecule is CCOc1cc(/C=C2\SC(=O)N(CC(N)=O)C2=O)cc(Br)c1OCc1cccc(C)c1. The molecule has 162 valence electrons. The van der Waals surface area contributed by atoms with E-state index in [1.54, 1.807) is 18.2 Å². The molecule has 0 saturated carbocycles. The molecule has 3 rings (SSSR count). The number of halogens is 1. The normalized spacial score (nSPS) is 14.9. The largest absolute Gasteiger partial charge is 0.490 e. The second-order valence-electron chi connectivity index (χ2n) is 6.77. The Morgan fingerprint density at radius 2 is 2.00 bits per heavy atom. The van der Waals surface area contributed by atoms with Gasteiger partial charge in [0.05, 0.1) is 16.0 Å². The molecule has 0 bridgehead atoms. The summed E-state index contributed by atoms with van der Waals surface area (Å²) in [6.07, 6.45) is 1.57. The van der Waals surface area contributed by atoms with E-state index in [1.807, 2.05) is 38.1 Å². The predicted octanol–water partition coefficient (Wildman–Crippen LogP) is 4.26. The maximum absolute atomic E-state index is 12.4. The highest BCUT2D eigenvalue weighted by atomic mass is 79.9. The van der Waals surface area contributed by atoms with Gasteiger partial charge in [-0.15, -0.1) is 0 Å². The number of amides is 3. The van der Waals surface area contributed by atoms with Crippen LogP contribution in [0, 0.1) is 6.92 Å². The number of nitrogens with zero attached hydrogens (tertiary/aromatic N) is 1. The minimum Gasteiger partial charge on any atom is -0.490 e. The van der Waals surface area contributed by atoms with E-state index in [2.05, 4.69) is 15.9 Å². The number of primary amides is 1. The molecule has 1 fully saturated rings. The van der Waals surface area contributed by atoms with E-state index in [0.29, 0.717) is 34.7 Å². The van der Waals surface area contributed by atoms with Crippen molar-refractivity contribution >= 4 is 50.8 Å². The fraction of sp³-hybridized carbons (Fsp3) is 0.227. The van der Waals surface area contributed by atoms with Crippen molar-refractivity contribution in [1.29, 1.82) is 0 Å². The van der Waals surface area contributed by atoms with Gasteiger partial charge in [-0.2, -0.15) is 0 Å². The van der Waals surface area contributed by atoms with Crippen LogP contribution < -0.4 is 15.2 Å². The highest BCUT2D eigenvalue weighted by Gasteiger charge is 2.35. The summed E-state index contributed by atoms with van der Waals surface area (Å²) in [5, 5.41) is -0.530. The van der Waals surface area contributed by atoms with Gasteiger partial charge in [-0.25, -0.2) is 0 Å². The Hall–Kier alpha value is -2.78. The van der Waals surface area contributed by atoms with Gasteiger partial charge >= 0.3 is 0 Å². The van der Waals surface area contributed by atoms with Crippen LogP contribution in [-0.4, -0.2) is 35.1 Å². The summed E-state index contributed by atoms with van der Waals surface area (Å²) in [5.41, 5.74) is 7.93. The van der Waals surface area contributed by atoms with Crippen LogP contribution >= 0.6 is 27.7 Å². The Morgan fingerprint density at radius 1 is 1.23 bits per heavy atom. The van der Waals surface area contributed by atoms with Crippen LogP contribution in [-0.2, 0) is 16.2 Å². The molecule has 0 unspecified atom stereocenters. The summed E-state index contributed by atoms with van der Waals surface area (Å²) < 4.78 is 12.4. The average Bonchev–Trinajstić information content (AvgIpc) is 2.94. The molecule has 2 aromatic carbocycles. The third kappa shape index (κ3) is 5.68. The zero-order valence-electron chi connectivity index (χ0n) is 17.0. The molecule has 2 aromatic rings. The molecule has 0 atom stereocenters. The third-order valence-electron chi connectivity index (χ3n) is 4.28. The van der Waals surface area contributed by atoms with Crippen molar-refractivity contribution in [2.45, 2.75) is 20.5 Å². The van der Waals surface area contributed by atoms with E-state index in [0.717, 1.165) is 27.8 Å². The standard InChI is InChI=1S/C22H21BrN2O5S/c1-3-29-17-9-15(10-18-21(27)25(11-19(24)26)22(28)31-18)8-16(23)20(17)30-12-14-6-4-5-13(2)7-14/h4-10H,3,11-12H2,1-2H3,(H2,24,26)/b18-10-. The number of carbonyl (C=O) groups is 3. The van der Waals surface area contributed by atoms with Crippen molar-refractivity contribution in [1.82, 2.24) is 4.90 Å². The highest BCUT2D eigenvalue weighted by Crippen LogP contribution is 2.39. The number of thioether (sulfide) groups is 1. The van der Waals surface area contributed by atoms with Crippen LogP contribution in [0.15, 0.2) is 45.8 Å². The average molecular weight is 505 g/mol. The molecule has 3 amide bonds. The molecule has 1 aliphatic rings. The number of imide groups is 1. The van der Waals surface area contributed by atoms with Crippen molar-refractivity contribution < 1.29 is 23.9 Å². The first kappa shape index (κ1) is 22.9. The van der Waals surface area contributed by atoms with Crippen molar-refractivity contribution in [3.63, 3.8) is 0 Å². The van der Waals surface area contributed by atoms with Gasteiger partial charge in [-0.1, -0.05) is 29.8 Å². The van der Waals surface area contributed by atoms with Crippen LogP contribution in [0.2, 0.25) is 0 Å². The van der Waals surface area contributed by atoms with Crippen LogP contribution in [0.25, 0.3) is 6.08 Å². The first-order valence-electron chi connectivity index (χ1n) is 9.46. The fourth-order valence-electron chi connectivity index (χ4n) is 2.98. The van der Waals surface area contributed by atoms with Gasteiger partial charge in [-0.3, -0.25) is 19.3 Å². The maximum atomic E-state index is 12.4. The van der Waals surface area contributed by atoms with Gasteiger partial charge < -0.3 is 15.2 Å². The maximum Gasteiger partial charge on any atom is 0.294 e. The van der Waals surface area contributed by atoms with Gasteiger partial charge in [-0.05, 0) is 70.9 Å². The second kappa shape index (κ2) is 10.0. The van der Waals surface area contributed by atoms with Crippen molar-refractivity contribution in [3.05, 3.63) is 62.5 Å². The van der Waals surface area contributed by atoms with Crippen LogP contribution in [0.5, 0.6) is 11.5 Å². The monoisotopic (exact) mass is 504 g/mol. The summed E-state index contributed by atoms with van der Waals surface area (Å²) in [4.78, 5) is 36.6. The predicted molar refractivity (Wildman–Crippen MR) is 123 cm³/mol. The number of aryl methyl sites for hydroxylation is 1. The zero-order chi connectivity index (χ0) is 22.5. The summed E-state index contributed by atoms with van der Waals surface area (Å²) in [5.74, 6) is -0.253. The Balaban J connectivity index is 1.86. The Labute approximate surface area is 192 Å². The van der Waals surface area contributed by atoms with Crippen molar-refractivity contribution in [2.24, 2.45) is 5.73 Å². The quantitative estimate of drug-likeness (QED) is 0.539. The molecule has 9 heteroatoms. The van der Waals surface area contributed by atoms with Gasteiger partial charge in [0.25, 0.3) is 11.1 Å². The Morgan fingerprint density at radius 3 is 2.68 bits per heavy atom. The van der Waals surface area contributed by atoms with E-state index in [9.17, 15) is 14.4 Å². The number of ether oxygens (including phenoxy) is 2. The molecular weight excluding hydrogens is 484 g/mol. The van der Waals surface area contributed by atoms with E-state index >= 15 is 0 Å². The number of hydrogen-bond donors (Lipinski definition) is 1. The highest BCUT2D eigenvalue weighted by molar-refractivity contribution is 9.10. The summed E-state index contributed by atoms with van der Waals surface area (Å²) in [6, 6.07) is 11.5. The number of rotatable bonds is 8. The van der Waals surface area contributed by atoms with Crippen LogP contribution in [0.1, 0.15) is 23.6 Å². The molecule has 0 radical (unpaired) electrons. The van der Waals surface area contributed by atoms with E-state index in [1.165, 1.54) is 0 Å². The van der Waals surface area contributed by atoms with Crippen LogP contribution in [0.3, 0.4) is 0 Å². The molecule has 1 heterocycles. The lowest BCUT2D eigenvalue weighted by Crippen LogP contribution is -2.36. The third-order valence-corrected chi connectivity index (χ3v) is 5.78. The van der Waals surface area contributed by atoms with Crippen LogP contribution in [0.4, 0.5) is 4.79 Å². The van der Waals surface area contributed by atoms with E-state index in [4.69, 9.17) is 15.2 Å². The van der Waals surface area contributed by atoms with Gasteiger partial charge in [0, 0.05) is 0 Å². The molecule has 0 aromatic heterocycles. The van der Waals surface area contributed by atoms with Gasteiger partial charge in [0.1, 0.15) is 13.2 Å². The summed E-state index contributed by atoms with van der Waals surface area (Å²) >= 11 is 4.27. The fourth-order valence-corrected chi connectivity index (χ4v) is 4.39. The molecule has 1 saturated heterocycles. The molecule has 1 aliphatic heterocycles. The molecule has 2 N–H and O–H groups in total. The summed E-state index contributed by atoms with van der Waals surface area (Å²) in [6.45, 7) is 4.23.